The second kappa shape index (κ2) is 6.67. The monoisotopic (exact) mass is 279 g/mol. The minimum atomic E-state index is -4.00. The van der Waals surface area contributed by atoms with Gasteiger partial charge in [0, 0.05) is 0 Å². The predicted octanol–water partition coefficient (Wildman–Crippen LogP) is 2.19. The van der Waals surface area contributed by atoms with Gasteiger partial charge in [0.05, 0.1) is 10.5 Å². The van der Waals surface area contributed by atoms with Gasteiger partial charge in [-0.2, -0.15) is 8.42 Å². The van der Waals surface area contributed by atoms with Crippen LogP contribution in [0.3, 0.4) is 0 Å². The minimum Gasteiger partial charge on any atom is -0.282 e. The van der Waals surface area contributed by atoms with Crippen molar-refractivity contribution in [2.24, 2.45) is 0 Å². The third-order valence-corrected chi connectivity index (χ3v) is 2.92. The molecule has 5 nitrogen and oxygen atoms in total. The lowest BCUT2D eigenvalue weighted by Gasteiger charge is -1.92. The third kappa shape index (κ3) is 5.33. The summed E-state index contributed by atoms with van der Waals surface area (Å²) in [5.41, 5.74) is 0.220. The Morgan fingerprint density at radius 1 is 0.842 bits per heavy atom. The SMILES string of the molecule is O=S(=O)(O)c1ccccc1.[O]C(=O)c1ccccc1. The van der Waals surface area contributed by atoms with Crippen LogP contribution in [-0.2, 0) is 15.2 Å². The molecule has 19 heavy (non-hydrogen) atoms. The first kappa shape index (κ1) is 14.9. The van der Waals surface area contributed by atoms with Crippen LogP contribution in [0.2, 0.25) is 0 Å². The van der Waals surface area contributed by atoms with Crippen LogP contribution in [0.15, 0.2) is 65.6 Å². The zero-order valence-electron chi connectivity index (χ0n) is 9.76. The van der Waals surface area contributed by atoms with Crippen molar-refractivity contribution in [1.29, 1.82) is 0 Å². The van der Waals surface area contributed by atoms with Crippen molar-refractivity contribution in [3.8, 4) is 0 Å². The Morgan fingerprint density at radius 3 is 1.53 bits per heavy atom. The molecule has 2 rings (SSSR count). The molecule has 0 heterocycles. The summed E-state index contributed by atoms with van der Waals surface area (Å²) >= 11 is 0. The molecule has 0 bridgehead atoms. The average Bonchev–Trinajstić information content (AvgIpc) is 2.40. The average molecular weight is 279 g/mol. The second-order valence-corrected chi connectivity index (χ2v) is 4.86. The third-order valence-electron chi connectivity index (χ3n) is 2.05. The van der Waals surface area contributed by atoms with Crippen LogP contribution >= 0.6 is 0 Å². The van der Waals surface area contributed by atoms with Gasteiger partial charge in [0.2, 0.25) is 0 Å². The normalized spacial score (nSPS) is 10.2. The van der Waals surface area contributed by atoms with Crippen molar-refractivity contribution in [3.63, 3.8) is 0 Å². The van der Waals surface area contributed by atoms with Crippen molar-refractivity contribution < 1.29 is 22.9 Å². The summed E-state index contributed by atoms with van der Waals surface area (Å²) in [6.45, 7) is 0. The summed E-state index contributed by atoms with van der Waals surface area (Å²) in [5, 5.41) is 10.1. The maximum atomic E-state index is 10.4. The molecular weight excluding hydrogens is 268 g/mol. The van der Waals surface area contributed by atoms with Gasteiger partial charge in [-0.3, -0.25) is 4.55 Å². The fourth-order valence-electron chi connectivity index (χ4n) is 1.17. The van der Waals surface area contributed by atoms with Crippen molar-refractivity contribution in [3.05, 3.63) is 66.2 Å². The minimum absolute atomic E-state index is 0.0741. The highest BCUT2D eigenvalue weighted by molar-refractivity contribution is 7.85. The molecule has 0 saturated carbocycles. The van der Waals surface area contributed by atoms with E-state index in [9.17, 15) is 18.3 Å². The van der Waals surface area contributed by atoms with Gasteiger partial charge in [-0.1, -0.05) is 36.4 Å². The van der Waals surface area contributed by atoms with E-state index in [1.54, 1.807) is 36.4 Å². The summed E-state index contributed by atoms with van der Waals surface area (Å²) in [6.07, 6.45) is 0. The molecule has 0 aromatic heterocycles. The summed E-state index contributed by atoms with van der Waals surface area (Å²) < 4.78 is 29.2. The lowest BCUT2D eigenvalue weighted by Crippen LogP contribution is -1.96. The Morgan fingerprint density at radius 2 is 1.26 bits per heavy atom. The van der Waals surface area contributed by atoms with Crippen molar-refractivity contribution in [2.75, 3.05) is 0 Å². The van der Waals surface area contributed by atoms with E-state index in [1.165, 1.54) is 24.3 Å². The quantitative estimate of drug-likeness (QED) is 0.853. The van der Waals surface area contributed by atoms with Crippen LogP contribution in [-0.4, -0.2) is 18.9 Å². The van der Waals surface area contributed by atoms with Gasteiger partial charge < -0.3 is 0 Å². The second-order valence-electron chi connectivity index (χ2n) is 3.44. The Balaban J connectivity index is 0.000000191. The highest BCUT2D eigenvalue weighted by Crippen LogP contribution is 2.05. The number of benzene rings is 2. The van der Waals surface area contributed by atoms with Gasteiger partial charge in [-0.15, -0.1) is 0 Å². The van der Waals surface area contributed by atoms with Gasteiger partial charge in [-0.05, 0) is 24.3 Å². The van der Waals surface area contributed by atoms with Crippen LogP contribution in [0.1, 0.15) is 10.4 Å². The van der Waals surface area contributed by atoms with Gasteiger partial charge in [0.1, 0.15) is 0 Å². The number of carbonyl (C=O) groups is 1. The molecule has 0 aliphatic heterocycles. The van der Waals surface area contributed by atoms with E-state index in [1.807, 2.05) is 0 Å². The van der Waals surface area contributed by atoms with E-state index in [0.717, 1.165) is 0 Å². The van der Waals surface area contributed by atoms with Crippen LogP contribution in [0, 0.1) is 0 Å². The lowest BCUT2D eigenvalue weighted by atomic mass is 10.2. The molecule has 0 atom stereocenters. The Hall–Kier alpha value is -2.18. The van der Waals surface area contributed by atoms with E-state index in [2.05, 4.69) is 0 Å². The molecule has 2 aromatic rings. The molecule has 0 fully saturated rings. The van der Waals surface area contributed by atoms with Crippen molar-refractivity contribution in [2.45, 2.75) is 4.90 Å². The molecule has 1 radical (unpaired) electrons. The Labute approximate surface area is 110 Å². The van der Waals surface area contributed by atoms with E-state index >= 15 is 0 Å². The summed E-state index contributed by atoms with van der Waals surface area (Å²) in [7, 11) is -4.00. The number of carbonyl (C=O) groups excluding carboxylic acids is 1. The van der Waals surface area contributed by atoms with Crippen molar-refractivity contribution >= 4 is 16.1 Å². The zero-order chi connectivity index (χ0) is 14.3. The first-order chi connectivity index (χ1) is 8.91. The Bertz CT molecular complexity index is 621. The van der Waals surface area contributed by atoms with Gasteiger partial charge in [0.15, 0.2) is 0 Å². The molecule has 0 aliphatic carbocycles. The molecule has 0 aliphatic rings. The molecular formula is C13H11O5S. The standard InChI is InChI=1S/C7H5O2.C6H6O3S/c8-7(9)6-4-2-1-3-5-6;7-10(8,9)6-4-2-1-3-5-6/h1-5H;1-5H,(H,7,8,9). The van der Waals surface area contributed by atoms with Crippen LogP contribution in [0.5, 0.6) is 0 Å². The van der Waals surface area contributed by atoms with Gasteiger partial charge in [-0.25, -0.2) is 9.90 Å². The summed E-state index contributed by atoms with van der Waals surface area (Å²) in [6, 6.07) is 15.5. The van der Waals surface area contributed by atoms with Gasteiger partial charge >= 0.3 is 5.97 Å². The van der Waals surface area contributed by atoms with Crippen LogP contribution < -0.4 is 0 Å². The first-order valence-corrected chi connectivity index (χ1v) is 6.64. The van der Waals surface area contributed by atoms with Crippen LogP contribution in [0.25, 0.3) is 0 Å². The molecule has 2 aromatic carbocycles. The molecule has 6 heteroatoms. The number of hydrogen-bond acceptors (Lipinski definition) is 3. The maximum absolute atomic E-state index is 10.4. The molecule has 99 valence electrons. The fraction of sp³-hybridized carbons (Fsp3) is 0. The highest BCUT2D eigenvalue weighted by Gasteiger charge is 2.05. The van der Waals surface area contributed by atoms with Crippen molar-refractivity contribution in [1.82, 2.24) is 0 Å². The number of hydrogen-bond donors (Lipinski definition) is 1. The molecule has 0 saturated heterocycles. The number of rotatable bonds is 2. The molecule has 0 amide bonds. The lowest BCUT2D eigenvalue weighted by molar-refractivity contribution is 0.0573. The predicted molar refractivity (Wildman–Crippen MR) is 67.7 cm³/mol. The van der Waals surface area contributed by atoms with E-state index in [-0.39, 0.29) is 10.5 Å². The zero-order valence-corrected chi connectivity index (χ0v) is 10.6. The largest absolute Gasteiger partial charge is 0.386 e. The smallest absolute Gasteiger partial charge is 0.282 e. The Kier molecular flexibility index (Phi) is 5.23. The van der Waals surface area contributed by atoms with Crippen LogP contribution in [0.4, 0.5) is 0 Å². The van der Waals surface area contributed by atoms with Gasteiger partial charge in [0.25, 0.3) is 10.1 Å². The molecule has 0 unspecified atom stereocenters. The fourth-order valence-corrected chi connectivity index (χ4v) is 1.67. The van der Waals surface area contributed by atoms with E-state index < -0.39 is 16.1 Å². The van der Waals surface area contributed by atoms with E-state index in [0.29, 0.717) is 0 Å². The first-order valence-electron chi connectivity index (χ1n) is 5.20. The highest BCUT2D eigenvalue weighted by atomic mass is 32.2. The summed E-state index contributed by atoms with van der Waals surface area (Å²) in [4.78, 5) is 10.0. The topological polar surface area (TPSA) is 91.3 Å². The van der Waals surface area contributed by atoms with E-state index in [4.69, 9.17) is 4.55 Å². The maximum Gasteiger partial charge on any atom is 0.386 e. The summed E-state index contributed by atoms with van der Waals surface area (Å²) in [5.74, 6) is -1.13. The molecule has 0 spiro atoms. The molecule has 1 N–H and O–H groups in total.